The SMILES string of the molecule is C#CC[Si](CC#C)(CC=C)CC=C. The smallest absolute Gasteiger partial charge is 0.0861 e. The lowest BCUT2D eigenvalue weighted by Gasteiger charge is -2.24. The van der Waals surface area contributed by atoms with Crippen LogP contribution in [-0.2, 0) is 0 Å². The number of hydrogen-bond donors (Lipinski definition) is 0. The molecule has 0 fully saturated rings. The van der Waals surface area contributed by atoms with Gasteiger partial charge in [-0.3, -0.25) is 0 Å². The molecule has 0 amide bonds. The maximum Gasteiger partial charge on any atom is 0.0861 e. The third kappa shape index (κ3) is 3.83. The van der Waals surface area contributed by atoms with Crippen molar-refractivity contribution in [2.24, 2.45) is 0 Å². The Kier molecular flexibility index (Phi) is 5.77. The van der Waals surface area contributed by atoms with E-state index in [0.29, 0.717) is 0 Å². The van der Waals surface area contributed by atoms with Gasteiger partial charge in [-0.05, 0) is 12.1 Å². The van der Waals surface area contributed by atoms with Crippen molar-refractivity contribution in [3.63, 3.8) is 0 Å². The highest BCUT2D eigenvalue weighted by Crippen LogP contribution is 2.25. The van der Waals surface area contributed by atoms with Crippen LogP contribution in [0.4, 0.5) is 0 Å². The molecule has 1 heteroatoms. The van der Waals surface area contributed by atoms with Crippen LogP contribution in [-0.4, -0.2) is 8.07 Å². The van der Waals surface area contributed by atoms with E-state index < -0.39 is 8.07 Å². The van der Waals surface area contributed by atoms with Crippen molar-refractivity contribution >= 4 is 8.07 Å². The van der Waals surface area contributed by atoms with Crippen LogP contribution in [0.15, 0.2) is 25.3 Å². The third-order valence-corrected chi connectivity index (χ3v) is 6.33. The van der Waals surface area contributed by atoms with Gasteiger partial charge in [0.1, 0.15) is 0 Å². The van der Waals surface area contributed by atoms with Gasteiger partial charge in [0, 0.05) is 12.1 Å². The van der Waals surface area contributed by atoms with Crippen molar-refractivity contribution in [1.29, 1.82) is 0 Å². The van der Waals surface area contributed by atoms with Crippen molar-refractivity contribution in [3.8, 4) is 24.7 Å². The summed E-state index contributed by atoms with van der Waals surface area (Å²) in [6, 6.07) is 3.64. The maximum absolute atomic E-state index is 5.35. The Balaban J connectivity index is 4.59. The van der Waals surface area contributed by atoms with Crippen molar-refractivity contribution in [2.45, 2.75) is 24.2 Å². The zero-order valence-electron chi connectivity index (χ0n) is 8.05. The van der Waals surface area contributed by atoms with Gasteiger partial charge in [-0.2, -0.15) is 0 Å². The van der Waals surface area contributed by atoms with E-state index in [-0.39, 0.29) is 0 Å². The van der Waals surface area contributed by atoms with E-state index in [9.17, 15) is 0 Å². The average Bonchev–Trinajstić information content (AvgIpc) is 2.06. The summed E-state index contributed by atoms with van der Waals surface area (Å²) >= 11 is 0. The van der Waals surface area contributed by atoms with Gasteiger partial charge in [0.25, 0.3) is 0 Å². The summed E-state index contributed by atoms with van der Waals surface area (Å²) in [6.07, 6.45) is 14.6. The molecule has 0 rings (SSSR count). The Bertz CT molecular complexity index is 221. The van der Waals surface area contributed by atoms with Gasteiger partial charge in [-0.25, -0.2) is 0 Å². The van der Waals surface area contributed by atoms with E-state index in [1.807, 2.05) is 12.2 Å². The average molecular weight is 188 g/mol. The van der Waals surface area contributed by atoms with E-state index in [2.05, 4.69) is 25.0 Å². The van der Waals surface area contributed by atoms with Crippen LogP contribution in [0.1, 0.15) is 0 Å². The minimum absolute atomic E-state index is 0.829. The highest BCUT2D eigenvalue weighted by molar-refractivity contribution is 6.81. The molecule has 0 aromatic rings. The molecule has 0 spiro atoms. The molecule has 0 saturated heterocycles. The molecule has 0 unspecified atom stereocenters. The van der Waals surface area contributed by atoms with Crippen LogP contribution in [0.5, 0.6) is 0 Å². The summed E-state index contributed by atoms with van der Waals surface area (Å²) in [7, 11) is -1.50. The van der Waals surface area contributed by atoms with E-state index >= 15 is 0 Å². The Morgan fingerprint density at radius 1 is 1.00 bits per heavy atom. The van der Waals surface area contributed by atoms with Crippen LogP contribution in [0.2, 0.25) is 24.2 Å². The number of rotatable bonds is 6. The van der Waals surface area contributed by atoms with Crippen LogP contribution < -0.4 is 0 Å². The molecule has 0 aliphatic carbocycles. The molecular formula is C12H16Si. The van der Waals surface area contributed by atoms with Gasteiger partial charge in [0.05, 0.1) is 8.07 Å². The fraction of sp³-hybridized carbons (Fsp3) is 0.333. The molecule has 0 aromatic carbocycles. The summed E-state index contributed by atoms with van der Waals surface area (Å²) in [5.74, 6) is 5.47. The monoisotopic (exact) mass is 188 g/mol. The molecule has 0 radical (unpaired) electrons. The molecule has 0 saturated carbocycles. The standard InChI is InChI=1S/C12H16Si/c1-5-9-13(10-6-2,11-7-3)12-8-4/h1-2,7-8H,3-4,9-12H2. The lowest BCUT2D eigenvalue weighted by atomic mass is 10.7. The zero-order chi connectivity index (χ0) is 10.2. The highest BCUT2D eigenvalue weighted by Gasteiger charge is 2.28. The zero-order valence-corrected chi connectivity index (χ0v) is 9.05. The molecule has 0 aliphatic rings. The van der Waals surface area contributed by atoms with E-state index in [1.165, 1.54) is 0 Å². The second kappa shape index (κ2) is 6.35. The van der Waals surface area contributed by atoms with Gasteiger partial charge in [-0.15, -0.1) is 37.8 Å². The van der Waals surface area contributed by atoms with Gasteiger partial charge in [0.15, 0.2) is 0 Å². The topological polar surface area (TPSA) is 0 Å². The second-order valence-corrected chi connectivity index (χ2v) is 7.77. The van der Waals surface area contributed by atoms with Crippen LogP contribution in [0.25, 0.3) is 0 Å². The Labute approximate surface area is 82.8 Å². The van der Waals surface area contributed by atoms with Crippen molar-refractivity contribution in [2.75, 3.05) is 0 Å². The van der Waals surface area contributed by atoms with Gasteiger partial charge < -0.3 is 0 Å². The molecule has 0 N–H and O–H groups in total. The number of terminal acetylenes is 2. The van der Waals surface area contributed by atoms with Gasteiger partial charge in [-0.1, -0.05) is 12.2 Å². The normalized spacial score (nSPS) is 9.69. The Hall–Kier alpha value is -1.18. The predicted octanol–water partition coefficient (Wildman–Crippen LogP) is 3.07. The van der Waals surface area contributed by atoms with Gasteiger partial charge >= 0.3 is 0 Å². The summed E-state index contributed by atoms with van der Waals surface area (Å²) in [5, 5.41) is 0. The second-order valence-electron chi connectivity index (χ2n) is 3.25. The molecule has 0 bridgehead atoms. The fourth-order valence-electron chi connectivity index (χ4n) is 1.48. The highest BCUT2D eigenvalue weighted by atomic mass is 28.3. The first-order chi connectivity index (χ1) is 6.24. The van der Waals surface area contributed by atoms with Crippen molar-refractivity contribution in [3.05, 3.63) is 25.3 Å². The fourth-order valence-corrected chi connectivity index (χ4v) is 4.44. The predicted molar refractivity (Wildman–Crippen MR) is 63.0 cm³/mol. The Morgan fingerprint density at radius 3 is 1.62 bits per heavy atom. The molecule has 0 atom stereocenters. The van der Waals surface area contributed by atoms with E-state index in [4.69, 9.17) is 12.8 Å². The van der Waals surface area contributed by atoms with E-state index in [1.54, 1.807) is 0 Å². The minimum atomic E-state index is -1.50. The molecule has 0 aromatic heterocycles. The summed E-state index contributed by atoms with van der Waals surface area (Å²) < 4.78 is 0. The lowest BCUT2D eigenvalue weighted by Crippen LogP contribution is -2.31. The summed E-state index contributed by atoms with van der Waals surface area (Å²) in [6.45, 7) is 7.51. The maximum atomic E-state index is 5.35. The Morgan fingerprint density at radius 2 is 1.38 bits per heavy atom. The first kappa shape index (κ1) is 11.8. The number of hydrogen-bond acceptors (Lipinski definition) is 0. The molecule has 68 valence electrons. The van der Waals surface area contributed by atoms with Crippen molar-refractivity contribution in [1.82, 2.24) is 0 Å². The van der Waals surface area contributed by atoms with Crippen molar-refractivity contribution < 1.29 is 0 Å². The molecule has 0 aliphatic heterocycles. The summed E-state index contributed by atoms with van der Waals surface area (Å²) in [4.78, 5) is 0. The minimum Gasteiger partial charge on any atom is -0.120 e. The number of allylic oxidation sites excluding steroid dienone is 2. The first-order valence-corrected chi connectivity index (χ1v) is 7.16. The molecule has 0 heterocycles. The van der Waals surface area contributed by atoms with Gasteiger partial charge in [0.2, 0.25) is 0 Å². The molecule has 0 nitrogen and oxygen atoms in total. The van der Waals surface area contributed by atoms with E-state index in [0.717, 1.165) is 24.2 Å². The molecule has 13 heavy (non-hydrogen) atoms. The summed E-state index contributed by atoms with van der Waals surface area (Å²) in [5.41, 5.74) is 0. The molecular weight excluding hydrogens is 172 g/mol. The lowest BCUT2D eigenvalue weighted by molar-refractivity contribution is 1.33. The van der Waals surface area contributed by atoms with Crippen LogP contribution in [0.3, 0.4) is 0 Å². The quantitative estimate of drug-likeness (QED) is 0.341. The van der Waals surface area contributed by atoms with Crippen LogP contribution >= 0.6 is 0 Å². The van der Waals surface area contributed by atoms with Crippen LogP contribution in [0, 0.1) is 24.7 Å². The third-order valence-electron chi connectivity index (χ3n) is 2.11. The largest absolute Gasteiger partial charge is 0.120 e. The first-order valence-electron chi connectivity index (χ1n) is 4.33.